The van der Waals surface area contributed by atoms with Crippen molar-refractivity contribution < 1.29 is 19.1 Å². The molecule has 1 N–H and O–H groups in total. The number of halogens is 2. The van der Waals surface area contributed by atoms with Crippen LogP contribution in [0.15, 0.2) is 22.7 Å². The van der Waals surface area contributed by atoms with Crippen molar-refractivity contribution in [3.63, 3.8) is 0 Å². The summed E-state index contributed by atoms with van der Waals surface area (Å²) in [5.41, 5.74) is 0.328. The predicted octanol–water partition coefficient (Wildman–Crippen LogP) is 1.82. The zero-order valence-electron chi connectivity index (χ0n) is 11.4. The van der Waals surface area contributed by atoms with Gasteiger partial charge in [0.15, 0.2) is 0 Å². The minimum Gasteiger partial charge on any atom is -0.481 e. The van der Waals surface area contributed by atoms with Gasteiger partial charge in [-0.3, -0.25) is 14.5 Å². The topological polar surface area (TPSA) is 60.9 Å². The Balaban J connectivity index is 1.90. The van der Waals surface area contributed by atoms with Crippen LogP contribution in [0.3, 0.4) is 0 Å². The number of amides is 1. The lowest BCUT2D eigenvalue weighted by Gasteiger charge is -2.34. The quantitative estimate of drug-likeness (QED) is 0.891. The molecular formula is C14H16BrFN2O3. The first-order valence-electron chi connectivity index (χ1n) is 6.66. The number of hydrogen-bond acceptors (Lipinski definition) is 3. The fourth-order valence-electron chi connectivity index (χ4n) is 2.24. The van der Waals surface area contributed by atoms with E-state index in [1.807, 2.05) is 4.90 Å². The highest BCUT2D eigenvalue weighted by atomic mass is 79.9. The van der Waals surface area contributed by atoms with Crippen LogP contribution in [0, 0.1) is 5.82 Å². The van der Waals surface area contributed by atoms with Gasteiger partial charge in [0.05, 0.1) is 10.9 Å². The second kappa shape index (κ2) is 7.00. The van der Waals surface area contributed by atoms with Gasteiger partial charge in [0.25, 0.3) is 5.91 Å². The number of carboxylic acids is 1. The normalized spacial score (nSPS) is 16.0. The molecule has 0 spiro atoms. The van der Waals surface area contributed by atoms with Gasteiger partial charge >= 0.3 is 5.97 Å². The Morgan fingerprint density at radius 3 is 2.48 bits per heavy atom. The lowest BCUT2D eigenvalue weighted by molar-refractivity contribution is -0.137. The summed E-state index contributed by atoms with van der Waals surface area (Å²) >= 11 is 3.06. The molecule has 1 amide bonds. The largest absolute Gasteiger partial charge is 0.481 e. The first-order chi connectivity index (χ1) is 9.97. The van der Waals surface area contributed by atoms with Crippen molar-refractivity contribution in [2.24, 2.45) is 0 Å². The molecule has 114 valence electrons. The molecule has 0 unspecified atom stereocenters. The van der Waals surface area contributed by atoms with Gasteiger partial charge in [0.2, 0.25) is 0 Å². The van der Waals surface area contributed by atoms with E-state index in [2.05, 4.69) is 15.9 Å². The molecule has 1 heterocycles. The summed E-state index contributed by atoms with van der Waals surface area (Å²) in [5, 5.41) is 8.65. The van der Waals surface area contributed by atoms with Crippen LogP contribution >= 0.6 is 15.9 Å². The van der Waals surface area contributed by atoms with Crippen molar-refractivity contribution in [1.29, 1.82) is 0 Å². The number of aliphatic carboxylic acids is 1. The monoisotopic (exact) mass is 358 g/mol. The Kier molecular flexibility index (Phi) is 5.30. The highest BCUT2D eigenvalue weighted by Crippen LogP contribution is 2.18. The molecule has 0 bridgehead atoms. The van der Waals surface area contributed by atoms with Gasteiger partial charge in [0, 0.05) is 38.3 Å². The Hall–Kier alpha value is -1.47. The summed E-state index contributed by atoms with van der Waals surface area (Å²) < 4.78 is 13.8. The van der Waals surface area contributed by atoms with Crippen LogP contribution in [-0.2, 0) is 4.79 Å². The smallest absolute Gasteiger partial charge is 0.304 e. The van der Waals surface area contributed by atoms with Gasteiger partial charge in [-0.15, -0.1) is 0 Å². The maximum absolute atomic E-state index is 13.5. The molecule has 0 atom stereocenters. The summed E-state index contributed by atoms with van der Waals surface area (Å²) in [6.45, 7) is 2.81. The van der Waals surface area contributed by atoms with Crippen LogP contribution in [0.5, 0.6) is 0 Å². The standard InChI is InChI=1S/C14H16BrFN2O3/c15-11-2-1-10(9-12(11)16)14(21)18-7-5-17(6-8-18)4-3-13(19)20/h1-2,9H,3-8H2,(H,19,20). The third kappa shape index (κ3) is 4.25. The van der Waals surface area contributed by atoms with Gasteiger partial charge in [-0.25, -0.2) is 4.39 Å². The Morgan fingerprint density at radius 1 is 1.24 bits per heavy atom. The lowest BCUT2D eigenvalue weighted by atomic mass is 10.1. The SMILES string of the molecule is O=C(O)CCN1CCN(C(=O)c2ccc(Br)c(F)c2)CC1. The van der Waals surface area contributed by atoms with Crippen LogP contribution in [0.25, 0.3) is 0 Å². The molecule has 5 nitrogen and oxygen atoms in total. The zero-order chi connectivity index (χ0) is 15.4. The summed E-state index contributed by atoms with van der Waals surface area (Å²) in [6.07, 6.45) is 0.103. The molecule has 0 saturated carbocycles. The predicted molar refractivity (Wildman–Crippen MR) is 78.7 cm³/mol. The summed E-state index contributed by atoms with van der Waals surface area (Å²) in [6, 6.07) is 4.33. The number of benzene rings is 1. The fraction of sp³-hybridized carbons (Fsp3) is 0.429. The molecule has 7 heteroatoms. The zero-order valence-corrected chi connectivity index (χ0v) is 13.0. The summed E-state index contributed by atoms with van der Waals surface area (Å²) in [7, 11) is 0. The van der Waals surface area contributed by atoms with Crippen LogP contribution in [-0.4, -0.2) is 59.5 Å². The minimum atomic E-state index is -0.821. The molecule has 1 saturated heterocycles. The fourth-order valence-corrected chi connectivity index (χ4v) is 2.49. The molecule has 2 rings (SSSR count). The van der Waals surface area contributed by atoms with E-state index in [-0.39, 0.29) is 12.3 Å². The van der Waals surface area contributed by atoms with Crippen molar-refractivity contribution in [2.75, 3.05) is 32.7 Å². The molecule has 0 aromatic heterocycles. The molecule has 1 fully saturated rings. The lowest BCUT2D eigenvalue weighted by Crippen LogP contribution is -2.49. The minimum absolute atomic E-state index is 0.103. The third-order valence-electron chi connectivity index (χ3n) is 3.47. The molecule has 1 aromatic rings. The molecule has 0 radical (unpaired) electrons. The number of hydrogen-bond donors (Lipinski definition) is 1. The van der Waals surface area contributed by atoms with E-state index in [1.165, 1.54) is 12.1 Å². The van der Waals surface area contributed by atoms with Crippen molar-refractivity contribution in [3.05, 3.63) is 34.1 Å². The number of carboxylic acid groups (broad SMARTS) is 1. The van der Waals surface area contributed by atoms with E-state index in [0.717, 1.165) is 0 Å². The molecule has 21 heavy (non-hydrogen) atoms. The second-order valence-electron chi connectivity index (χ2n) is 4.91. The average Bonchev–Trinajstić information content (AvgIpc) is 2.48. The van der Waals surface area contributed by atoms with Crippen LogP contribution in [0.4, 0.5) is 4.39 Å². The number of carbonyl (C=O) groups excluding carboxylic acids is 1. The highest BCUT2D eigenvalue weighted by molar-refractivity contribution is 9.10. The Labute approximate surface area is 130 Å². The van der Waals surface area contributed by atoms with Crippen LogP contribution in [0.2, 0.25) is 0 Å². The molecule has 1 aliphatic rings. The van der Waals surface area contributed by atoms with Gasteiger partial charge < -0.3 is 10.0 Å². The van der Waals surface area contributed by atoms with Crippen molar-refractivity contribution in [2.45, 2.75) is 6.42 Å². The first-order valence-corrected chi connectivity index (χ1v) is 7.45. The highest BCUT2D eigenvalue weighted by Gasteiger charge is 2.22. The molecule has 0 aliphatic carbocycles. The van der Waals surface area contributed by atoms with Gasteiger partial charge in [-0.1, -0.05) is 0 Å². The first kappa shape index (κ1) is 15.9. The van der Waals surface area contributed by atoms with E-state index in [4.69, 9.17) is 5.11 Å². The Bertz CT molecular complexity index is 545. The van der Waals surface area contributed by atoms with E-state index in [9.17, 15) is 14.0 Å². The molecule has 1 aliphatic heterocycles. The van der Waals surface area contributed by atoms with Crippen molar-refractivity contribution in [1.82, 2.24) is 9.80 Å². The maximum atomic E-state index is 13.5. The van der Waals surface area contributed by atoms with Crippen molar-refractivity contribution >= 4 is 27.8 Å². The molecular weight excluding hydrogens is 343 g/mol. The Morgan fingerprint density at radius 2 is 1.90 bits per heavy atom. The second-order valence-corrected chi connectivity index (χ2v) is 5.76. The number of piperazine rings is 1. The summed E-state index contributed by atoms with van der Waals surface area (Å²) in [5.74, 6) is -1.47. The third-order valence-corrected chi connectivity index (χ3v) is 4.11. The number of nitrogens with zero attached hydrogens (tertiary/aromatic N) is 2. The maximum Gasteiger partial charge on any atom is 0.304 e. The van der Waals surface area contributed by atoms with E-state index in [1.54, 1.807) is 11.0 Å². The van der Waals surface area contributed by atoms with E-state index >= 15 is 0 Å². The van der Waals surface area contributed by atoms with E-state index < -0.39 is 11.8 Å². The van der Waals surface area contributed by atoms with Crippen LogP contribution < -0.4 is 0 Å². The molecule has 1 aromatic carbocycles. The van der Waals surface area contributed by atoms with Crippen molar-refractivity contribution in [3.8, 4) is 0 Å². The average molecular weight is 359 g/mol. The number of carbonyl (C=O) groups is 2. The van der Waals surface area contributed by atoms with Gasteiger partial charge in [-0.05, 0) is 34.1 Å². The van der Waals surface area contributed by atoms with Crippen LogP contribution in [0.1, 0.15) is 16.8 Å². The number of rotatable bonds is 4. The van der Waals surface area contributed by atoms with Gasteiger partial charge in [-0.2, -0.15) is 0 Å². The summed E-state index contributed by atoms with van der Waals surface area (Å²) in [4.78, 5) is 26.5. The van der Waals surface area contributed by atoms with Gasteiger partial charge in [0.1, 0.15) is 5.82 Å². The van der Waals surface area contributed by atoms with E-state index in [0.29, 0.717) is 42.8 Å².